The Morgan fingerprint density at radius 1 is 1.50 bits per heavy atom. The van der Waals surface area contributed by atoms with E-state index in [-0.39, 0.29) is 24.5 Å². The van der Waals surface area contributed by atoms with Crippen molar-refractivity contribution < 1.29 is 9.90 Å². The highest BCUT2D eigenvalue weighted by molar-refractivity contribution is 5.80. The van der Waals surface area contributed by atoms with Gasteiger partial charge in [0.25, 0.3) is 0 Å². The molecular formula is C16H22N2O2. The van der Waals surface area contributed by atoms with Gasteiger partial charge in [-0.2, -0.15) is 0 Å². The molecule has 20 heavy (non-hydrogen) atoms. The normalized spacial score (nSPS) is 33.1. The van der Waals surface area contributed by atoms with E-state index in [0.29, 0.717) is 11.8 Å². The van der Waals surface area contributed by atoms with Gasteiger partial charge < -0.3 is 10.4 Å². The molecule has 2 bridgehead atoms. The number of pyridine rings is 1. The fraction of sp³-hybridized carbons (Fsp3) is 0.625. The molecular weight excluding hydrogens is 252 g/mol. The van der Waals surface area contributed by atoms with Crippen LogP contribution in [0.25, 0.3) is 0 Å². The van der Waals surface area contributed by atoms with Gasteiger partial charge in [0.1, 0.15) is 0 Å². The second-order valence-electron chi connectivity index (χ2n) is 6.25. The van der Waals surface area contributed by atoms with Gasteiger partial charge in [-0.25, -0.2) is 0 Å². The number of rotatable bonds is 4. The summed E-state index contributed by atoms with van der Waals surface area (Å²) < 4.78 is 0. The van der Waals surface area contributed by atoms with E-state index in [2.05, 4.69) is 17.2 Å². The molecule has 0 unspecified atom stereocenters. The van der Waals surface area contributed by atoms with E-state index in [4.69, 9.17) is 0 Å². The third-order valence-electron chi connectivity index (χ3n) is 5.22. The highest BCUT2D eigenvalue weighted by Crippen LogP contribution is 2.52. The summed E-state index contributed by atoms with van der Waals surface area (Å²) in [6.07, 6.45) is 7.06. The molecule has 1 heterocycles. The Kier molecular flexibility index (Phi) is 3.74. The van der Waals surface area contributed by atoms with Crippen LogP contribution in [0.2, 0.25) is 0 Å². The third kappa shape index (κ3) is 2.33. The Morgan fingerprint density at radius 3 is 2.90 bits per heavy atom. The number of hydrogen-bond donors (Lipinski definition) is 2. The molecule has 2 fully saturated rings. The summed E-state index contributed by atoms with van der Waals surface area (Å²) in [5, 5.41) is 12.5. The maximum absolute atomic E-state index is 12.5. The summed E-state index contributed by atoms with van der Waals surface area (Å²) in [5.41, 5.74) is 0.860. The first kappa shape index (κ1) is 13.6. The fourth-order valence-corrected chi connectivity index (χ4v) is 4.12. The Hall–Kier alpha value is -1.42. The zero-order valence-electron chi connectivity index (χ0n) is 11.8. The third-order valence-corrected chi connectivity index (χ3v) is 5.22. The van der Waals surface area contributed by atoms with Crippen LogP contribution in [0.1, 0.15) is 37.8 Å². The predicted octanol–water partition coefficient (Wildman–Crippen LogP) is 1.91. The maximum Gasteiger partial charge on any atom is 0.224 e. The van der Waals surface area contributed by atoms with Crippen LogP contribution >= 0.6 is 0 Å². The van der Waals surface area contributed by atoms with Crippen LogP contribution in [0.4, 0.5) is 0 Å². The zero-order valence-corrected chi connectivity index (χ0v) is 11.8. The molecule has 2 saturated carbocycles. The minimum atomic E-state index is -0.345. The lowest BCUT2D eigenvalue weighted by atomic mass is 9.80. The summed E-state index contributed by atoms with van der Waals surface area (Å²) in [6, 6.07) is 3.37. The minimum Gasteiger partial charge on any atom is -0.394 e. The first-order valence-corrected chi connectivity index (χ1v) is 7.52. The first-order valence-electron chi connectivity index (χ1n) is 7.52. The molecule has 1 aromatic heterocycles. The lowest BCUT2D eigenvalue weighted by molar-refractivity contribution is -0.129. The second kappa shape index (κ2) is 5.52. The van der Waals surface area contributed by atoms with Crippen molar-refractivity contribution in [3.63, 3.8) is 0 Å². The van der Waals surface area contributed by atoms with E-state index in [1.54, 1.807) is 12.4 Å². The van der Waals surface area contributed by atoms with Crippen LogP contribution in [0.3, 0.4) is 0 Å². The van der Waals surface area contributed by atoms with Gasteiger partial charge in [0.05, 0.1) is 12.6 Å². The van der Waals surface area contributed by atoms with Crippen molar-refractivity contribution in [3.05, 3.63) is 30.1 Å². The molecule has 0 aliphatic heterocycles. The molecule has 5 atom stereocenters. The zero-order chi connectivity index (χ0) is 14.1. The molecule has 1 aromatic rings. The Labute approximate surface area is 119 Å². The quantitative estimate of drug-likeness (QED) is 0.881. The van der Waals surface area contributed by atoms with E-state index in [9.17, 15) is 9.90 Å². The SMILES string of the molecule is C[C@@H]1[C@H]2CC[C@H](C2)[C@H]1C(=O)N[C@H](CO)c1cccnc1. The molecule has 3 rings (SSSR count). The topological polar surface area (TPSA) is 62.2 Å². The van der Waals surface area contributed by atoms with Gasteiger partial charge >= 0.3 is 0 Å². The number of carbonyl (C=O) groups is 1. The van der Waals surface area contributed by atoms with E-state index in [1.807, 2.05) is 12.1 Å². The maximum atomic E-state index is 12.5. The van der Waals surface area contributed by atoms with Crippen LogP contribution in [0, 0.1) is 23.7 Å². The average molecular weight is 274 g/mol. The lowest BCUT2D eigenvalue weighted by Crippen LogP contribution is -2.40. The highest BCUT2D eigenvalue weighted by atomic mass is 16.3. The van der Waals surface area contributed by atoms with Gasteiger partial charge in [-0.3, -0.25) is 9.78 Å². The number of aromatic nitrogens is 1. The molecule has 0 aromatic carbocycles. The molecule has 0 radical (unpaired) electrons. The van der Waals surface area contributed by atoms with E-state index in [1.165, 1.54) is 19.3 Å². The predicted molar refractivity (Wildman–Crippen MR) is 75.7 cm³/mol. The number of aliphatic hydroxyl groups excluding tert-OH is 1. The summed E-state index contributed by atoms with van der Waals surface area (Å²) in [7, 11) is 0. The number of fused-ring (bicyclic) bond motifs is 2. The van der Waals surface area contributed by atoms with Gasteiger partial charge in [-0.1, -0.05) is 13.0 Å². The summed E-state index contributed by atoms with van der Waals surface area (Å²) in [6.45, 7) is 2.11. The van der Waals surface area contributed by atoms with E-state index >= 15 is 0 Å². The first-order chi connectivity index (χ1) is 9.70. The van der Waals surface area contributed by atoms with Gasteiger partial charge in [-0.15, -0.1) is 0 Å². The van der Waals surface area contributed by atoms with Gasteiger partial charge in [0.2, 0.25) is 5.91 Å². The molecule has 4 heteroatoms. The molecule has 4 nitrogen and oxygen atoms in total. The highest BCUT2D eigenvalue weighted by Gasteiger charge is 2.48. The lowest BCUT2D eigenvalue weighted by Gasteiger charge is -2.29. The second-order valence-corrected chi connectivity index (χ2v) is 6.25. The smallest absolute Gasteiger partial charge is 0.224 e. The molecule has 108 valence electrons. The standard InChI is InChI=1S/C16H22N2O2/c1-10-11-4-5-12(7-11)15(10)16(20)18-14(9-19)13-3-2-6-17-8-13/h2-3,6,8,10-12,14-15,19H,4-5,7,9H2,1H3,(H,18,20)/t10-,11+,12-,14-,15+/m1/s1. The monoisotopic (exact) mass is 274 g/mol. The molecule has 2 aliphatic rings. The molecule has 2 N–H and O–H groups in total. The number of hydrogen-bond acceptors (Lipinski definition) is 3. The van der Waals surface area contributed by atoms with Crippen molar-refractivity contribution in [3.8, 4) is 0 Å². The van der Waals surface area contributed by atoms with Crippen LogP contribution in [0.5, 0.6) is 0 Å². The Balaban J connectivity index is 1.69. The van der Waals surface area contributed by atoms with Crippen molar-refractivity contribution in [2.45, 2.75) is 32.2 Å². The van der Waals surface area contributed by atoms with E-state index < -0.39 is 0 Å². The fourth-order valence-electron chi connectivity index (χ4n) is 4.12. The van der Waals surface area contributed by atoms with Crippen molar-refractivity contribution in [1.82, 2.24) is 10.3 Å². The average Bonchev–Trinajstić information content (AvgIpc) is 3.06. The van der Waals surface area contributed by atoms with Crippen molar-refractivity contribution in [1.29, 1.82) is 0 Å². The molecule has 2 aliphatic carbocycles. The van der Waals surface area contributed by atoms with Gasteiger partial charge in [-0.05, 0) is 48.6 Å². The summed E-state index contributed by atoms with van der Waals surface area (Å²) in [4.78, 5) is 16.6. The van der Waals surface area contributed by atoms with Crippen LogP contribution < -0.4 is 5.32 Å². The summed E-state index contributed by atoms with van der Waals surface area (Å²) in [5.74, 6) is 1.97. The van der Waals surface area contributed by atoms with Gasteiger partial charge in [0.15, 0.2) is 0 Å². The number of nitrogens with zero attached hydrogens (tertiary/aromatic N) is 1. The number of amides is 1. The van der Waals surface area contributed by atoms with E-state index in [0.717, 1.165) is 11.5 Å². The molecule has 1 amide bonds. The van der Waals surface area contributed by atoms with Crippen LogP contribution in [-0.2, 0) is 4.79 Å². The number of carbonyl (C=O) groups excluding carboxylic acids is 1. The number of aliphatic hydroxyl groups is 1. The molecule has 0 saturated heterocycles. The Morgan fingerprint density at radius 2 is 2.30 bits per heavy atom. The van der Waals surface area contributed by atoms with Gasteiger partial charge in [0, 0.05) is 18.3 Å². The van der Waals surface area contributed by atoms with Crippen molar-refractivity contribution in [2.75, 3.05) is 6.61 Å². The largest absolute Gasteiger partial charge is 0.394 e. The van der Waals surface area contributed by atoms with Crippen LogP contribution in [-0.4, -0.2) is 22.6 Å². The van der Waals surface area contributed by atoms with Crippen molar-refractivity contribution in [2.24, 2.45) is 23.7 Å². The van der Waals surface area contributed by atoms with Crippen molar-refractivity contribution >= 4 is 5.91 Å². The minimum absolute atomic E-state index is 0.0906. The molecule has 0 spiro atoms. The summed E-state index contributed by atoms with van der Waals surface area (Å²) >= 11 is 0. The van der Waals surface area contributed by atoms with Crippen LogP contribution in [0.15, 0.2) is 24.5 Å². The number of nitrogens with one attached hydrogen (secondary N) is 1. The Bertz CT molecular complexity index is 475.